The molecule has 0 aromatic heterocycles. The minimum Gasteiger partial charge on any atom is -0.371 e. The molecule has 0 saturated heterocycles. The molecule has 1 aromatic rings. The zero-order valence-corrected chi connectivity index (χ0v) is 15.8. The van der Waals surface area contributed by atoms with Gasteiger partial charge in [0, 0.05) is 13.0 Å². The van der Waals surface area contributed by atoms with Gasteiger partial charge in [0.25, 0.3) is 0 Å². The first-order valence-electron chi connectivity index (χ1n) is 8.98. The van der Waals surface area contributed by atoms with Gasteiger partial charge in [0.05, 0.1) is 0 Å². The molecule has 0 atom stereocenters. The van der Waals surface area contributed by atoms with Gasteiger partial charge >= 0.3 is 10.3 Å². The largest absolute Gasteiger partial charge is 0.380 e. The van der Waals surface area contributed by atoms with Crippen molar-refractivity contribution in [3.63, 3.8) is 0 Å². The lowest BCUT2D eigenvalue weighted by Gasteiger charge is -2.07. The highest BCUT2D eigenvalue weighted by atomic mass is 32.2. The fourth-order valence-electron chi connectivity index (χ4n) is 2.52. The lowest BCUT2D eigenvalue weighted by Crippen LogP contribution is -2.25. The second kappa shape index (κ2) is 11.9. The van der Waals surface area contributed by atoms with Crippen LogP contribution in [0, 0.1) is 0 Å². The number of hydrogen-bond acceptors (Lipinski definition) is 4. The number of carbonyl (C=O) groups excluding carboxylic acids is 1. The Morgan fingerprint density at radius 1 is 1.04 bits per heavy atom. The van der Waals surface area contributed by atoms with E-state index in [0.717, 1.165) is 18.4 Å². The van der Waals surface area contributed by atoms with Crippen molar-refractivity contribution in [3.05, 3.63) is 29.8 Å². The lowest BCUT2D eigenvalue weighted by molar-refractivity contribution is -0.121. The molecule has 7 heteroatoms. The highest BCUT2D eigenvalue weighted by molar-refractivity contribution is 7.84. The van der Waals surface area contributed by atoms with Crippen LogP contribution in [0.4, 0.5) is 0 Å². The molecule has 1 aromatic carbocycles. The lowest BCUT2D eigenvalue weighted by atomic mass is 10.1. The zero-order chi connectivity index (χ0) is 18.5. The van der Waals surface area contributed by atoms with Gasteiger partial charge in [0.1, 0.15) is 5.75 Å². The van der Waals surface area contributed by atoms with Crippen LogP contribution in [0.5, 0.6) is 5.75 Å². The molecule has 142 valence electrons. The number of carbonyl (C=O) groups is 1. The molecule has 0 heterocycles. The van der Waals surface area contributed by atoms with E-state index in [1.54, 1.807) is 24.3 Å². The number of benzene rings is 1. The molecule has 25 heavy (non-hydrogen) atoms. The van der Waals surface area contributed by atoms with Crippen molar-refractivity contribution in [1.82, 2.24) is 5.32 Å². The summed E-state index contributed by atoms with van der Waals surface area (Å²) >= 11 is 0. The predicted molar refractivity (Wildman–Crippen MR) is 99.5 cm³/mol. The van der Waals surface area contributed by atoms with Crippen LogP contribution in [0.3, 0.4) is 0 Å². The van der Waals surface area contributed by atoms with Crippen LogP contribution in [-0.4, -0.2) is 20.9 Å². The van der Waals surface area contributed by atoms with Crippen molar-refractivity contribution < 1.29 is 17.4 Å². The summed E-state index contributed by atoms with van der Waals surface area (Å²) in [6, 6.07) is 6.59. The SMILES string of the molecule is CCCCCCCCCC(=O)NCCc1ccc(OS(N)(=O)=O)cc1. The van der Waals surface area contributed by atoms with E-state index in [1.165, 1.54) is 32.1 Å². The third kappa shape index (κ3) is 11.6. The molecular formula is C18H30N2O4S. The molecule has 0 saturated carbocycles. The van der Waals surface area contributed by atoms with Gasteiger partial charge in [0.15, 0.2) is 0 Å². The molecule has 6 nitrogen and oxygen atoms in total. The Bertz CT molecular complexity index is 600. The van der Waals surface area contributed by atoms with E-state index in [1.807, 2.05) is 0 Å². The van der Waals surface area contributed by atoms with Crippen LogP contribution in [0.15, 0.2) is 24.3 Å². The summed E-state index contributed by atoms with van der Waals surface area (Å²) in [5.74, 6) is 0.261. The van der Waals surface area contributed by atoms with E-state index in [-0.39, 0.29) is 11.7 Å². The van der Waals surface area contributed by atoms with Gasteiger partial charge in [0.2, 0.25) is 5.91 Å². The number of nitrogens with two attached hydrogens (primary N) is 1. The summed E-state index contributed by atoms with van der Waals surface area (Å²) in [5.41, 5.74) is 0.984. The summed E-state index contributed by atoms with van der Waals surface area (Å²) in [6.07, 6.45) is 9.64. The van der Waals surface area contributed by atoms with E-state index >= 15 is 0 Å². The maximum atomic E-state index is 11.8. The Hall–Kier alpha value is -1.60. The Kier molecular flexibility index (Phi) is 10.2. The molecule has 1 amide bonds. The summed E-state index contributed by atoms with van der Waals surface area (Å²) in [5, 5.41) is 7.71. The number of hydrogen-bond donors (Lipinski definition) is 2. The van der Waals surface area contributed by atoms with E-state index in [0.29, 0.717) is 19.4 Å². The van der Waals surface area contributed by atoms with Crippen LogP contribution in [0.1, 0.15) is 63.9 Å². The first-order valence-corrected chi connectivity index (χ1v) is 10.5. The van der Waals surface area contributed by atoms with Crippen molar-refractivity contribution >= 4 is 16.2 Å². The molecule has 0 aliphatic heterocycles. The molecule has 3 N–H and O–H groups in total. The minimum absolute atomic E-state index is 0.0859. The van der Waals surface area contributed by atoms with Gasteiger partial charge in [-0.2, -0.15) is 13.6 Å². The van der Waals surface area contributed by atoms with Gasteiger partial charge in [-0.1, -0.05) is 57.6 Å². The van der Waals surface area contributed by atoms with Crippen LogP contribution < -0.4 is 14.6 Å². The average Bonchev–Trinajstić information content (AvgIpc) is 2.54. The molecule has 0 unspecified atom stereocenters. The Balaban J connectivity index is 2.12. The van der Waals surface area contributed by atoms with Crippen molar-refractivity contribution in [3.8, 4) is 5.75 Å². The fraction of sp³-hybridized carbons (Fsp3) is 0.611. The highest BCUT2D eigenvalue weighted by Crippen LogP contribution is 2.13. The van der Waals surface area contributed by atoms with Crippen molar-refractivity contribution in [2.45, 2.75) is 64.7 Å². The van der Waals surface area contributed by atoms with Crippen molar-refractivity contribution in [1.29, 1.82) is 0 Å². The van der Waals surface area contributed by atoms with Crippen molar-refractivity contribution in [2.75, 3.05) is 6.54 Å². The molecular weight excluding hydrogens is 340 g/mol. The first-order chi connectivity index (χ1) is 11.9. The number of nitrogens with one attached hydrogen (secondary N) is 1. The van der Waals surface area contributed by atoms with Gasteiger partial charge in [-0.05, 0) is 30.5 Å². The Morgan fingerprint density at radius 3 is 2.24 bits per heavy atom. The van der Waals surface area contributed by atoms with Crippen LogP contribution >= 0.6 is 0 Å². The third-order valence-electron chi connectivity index (χ3n) is 3.88. The molecule has 0 fully saturated rings. The van der Waals surface area contributed by atoms with E-state index < -0.39 is 10.3 Å². The van der Waals surface area contributed by atoms with Crippen LogP contribution in [0.25, 0.3) is 0 Å². The van der Waals surface area contributed by atoms with Gasteiger partial charge < -0.3 is 9.50 Å². The average molecular weight is 371 g/mol. The molecule has 0 spiro atoms. The van der Waals surface area contributed by atoms with Gasteiger partial charge in [-0.15, -0.1) is 0 Å². The molecule has 1 rings (SSSR count). The standard InChI is InChI=1S/C18H30N2O4S/c1-2-3-4-5-6-7-8-9-18(21)20-15-14-16-10-12-17(13-11-16)24-25(19,22)23/h10-13H,2-9,14-15H2,1H3,(H,20,21)(H2,19,22,23). The summed E-state index contributed by atoms with van der Waals surface area (Å²) < 4.78 is 26.2. The summed E-state index contributed by atoms with van der Waals surface area (Å²) in [7, 11) is -3.99. The Morgan fingerprint density at radius 2 is 1.64 bits per heavy atom. The van der Waals surface area contributed by atoms with E-state index in [9.17, 15) is 13.2 Å². The smallest absolute Gasteiger partial charge is 0.371 e. The zero-order valence-electron chi connectivity index (χ0n) is 15.0. The molecule has 0 aliphatic carbocycles. The number of unbranched alkanes of at least 4 members (excludes halogenated alkanes) is 6. The molecule has 0 bridgehead atoms. The minimum atomic E-state index is -3.99. The maximum Gasteiger partial charge on any atom is 0.380 e. The third-order valence-corrected chi connectivity index (χ3v) is 4.30. The van der Waals surface area contributed by atoms with Crippen molar-refractivity contribution in [2.24, 2.45) is 5.14 Å². The van der Waals surface area contributed by atoms with Crippen LogP contribution in [-0.2, 0) is 21.5 Å². The monoisotopic (exact) mass is 370 g/mol. The molecule has 0 aliphatic rings. The number of rotatable bonds is 13. The topological polar surface area (TPSA) is 98.5 Å². The van der Waals surface area contributed by atoms with E-state index in [4.69, 9.17) is 5.14 Å². The molecule has 0 radical (unpaired) electrons. The van der Waals surface area contributed by atoms with Gasteiger partial charge in [-0.3, -0.25) is 4.79 Å². The summed E-state index contributed by atoms with van der Waals surface area (Å²) in [4.78, 5) is 11.8. The fourth-order valence-corrected chi connectivity index (χ4v) is 2.90. The van der Waals surface area contributed by atoms with E-state index in [2.05, 4.69) is 16.4 Å². The Labute approximate surface area is 151 Å². The second-order valence-corrected chi connectivity index (χ2v) is 7.34. The first kappa shape index (κ1) is 21.4. The normalized spacial score (nSPS) is 11.3. The second-order valence-electron chi connectivity index (χ2n) is 6.19. The summed E-state index contributed by atoms with van der Waals surface area (Å²) in [6.45, 7) is 2.77. The quantitative estimate of drug-likeness (QED) is 0.521. The maximum absolute atomic E-state index is 11.8. The highest BCUT2D eigenvalue weighted by Gasteiger charge is 2.05. The number of amides is 1. The predicted octanol–water partition coefficient (Wildman–Crippen LogP) is 3.07. The van der Waals surface area contributed by atoms with Gasteiger partial charge in [-0.25, -0.2) is 0 Å². The van der Waals surface area contributed by atoms with Crippen LogP contribution in [0.2, 0.25) is 0 Å².